The van der Waals surface area contributed by atoms with Crippen molar-refractivity contribution in [1.82, 2.24) is 5.32 Å². The molecule has 0 radical (unpaired) electrons. The summed E-state index contributed by atoms with van der Waals surface area (Å²) in [5.41, 5.74) is -0.586. The van der Waals surface area contributed by atoms with E-state index in [-0.39, 0.29) is 17.6 Å². The highest BCUT2D eigenvalue weighted by Crippen LogP contribution is 2.19. The van der Waals surface area contributed by atoms with Gasteiger partial charge in [-0.1, -0.05) is 15.9 Å². The van der Waals surface area contributed by atoms with Gasteiger partial charge < -0.3 is 10.4 Å². The molecular weight excluding hydrogens is 296 g/mol. The first-order valence-corrected chi connectivity index (χ1v) is 5.89. The van der Waals surface area contributed by atoms with Crippen molar-refractivity contribution < 1.29 is 18.7 Å². The Labute approximate surface area is 106 Å². The first-order valence-electron chi connectivity index (χ1n) is 5.10. The number of rotatable bonds is 5. The van der Waals surface area contributed by atoms with Gasteiger partial charge in [0.15, 0.2) is 0 Å². The highest BCUT2D eigenvalue weighted by atomic mass is 79.9. The van der Waals surface area contributed by atoms with Crippen LogP contribution in [0.2, 0.25) is 0 Å². The lowest BCUT2D eigenvalue weighted by Gasteiger charge is -2.07. The van der Waals surface area contributed by atoms with E-state index in [0.717, 1.165) is 12.1 Å². The molecule has 94 valence electrons. The van der Waals surface area contributed by atoms with Gasteiger partial charge in [0, 0.05) is 17.6 Å². The van der Waals surface area contributed by atoms with E-state index in [4.69, 9.17) is 5.11 Å². The number of hydrogen-bond acceptors (Lipinski definition) is 2. The number of nitrogens with one attached hydrogen (secondary N) is 1. The Kier molecular flexibility index (Phi) is 5.50. The van der Waals surface area contributed by atoms with Crippen molar-refractivity contribution in [3.05, 3.63) is 33.8 Å². The van der Waals surface area contributed by atoms with Crippen molar-refractivity contribution >= 4 is 21.8 Å². The van der Waals surface area contributed by atoms with Crippen LogP contribution in [0.1, 0.15) is 23.2 Å². The second kappa shape index (κ2) is 6.66. The molecule has 0 aliphatic heterocycles. The van der Waals surface area contributed by atoms with E-state index in [2.05, 4.69) is 21.2 Å². The van der Waals surface area contributed by atoms with Crippen molar-refractivity contribution in [3.63, 3.8) is 0 Å². The van der Waals surface area contributed by atoms with E-state index >= 15 is 0 Å². The first kappa shape index (κ1) is 14.1. The zero-order valence-electron chi connectivity index (χ0n) is 8.97. The Morgan fingerprint density at radius 1 is 1.29 bits per heavy atom. The average Bonchev–Trinajstić information content (AvgIpc) is 2.23. The molecule has 0 unspecified atom stereocenters. The molecule has 6 heteroatoms. The van der Waals surface area contributed by atoms with Crippen LogP contribution in [-0.2, 0) is 0 Å². The monoisotopic (exact) mass is 307 g/mol. The predicted molar refractivity (Wildman–Crippen MR) is 62.7 cm³/mol. The first-order chi connectivity index (χ1) is 8.06. The quantitative estimate of drug-likeness (QED) is 0.820. The van der Waals surface area contributed by atoms with Crippen molar-refractivity contribution in [2.45, 2.75) is 12.8 Å². The highest BCUT2D eigenvalue weighted by Gasteiger charge is 2.17. The van der Waals surface area contributed by atoms with Gasteiger partial charge in [0.2, 0.25) is 0 Å². The van der Waals surface area contributed by atoms with Gasteiger partial charge in [-0.05, 0) is 25.0 Å². The summed E-state index contributed by atoms with van der Waals surface area (Å²) in [6.45, 7) is 0.297. The summed E-state index contributed by atoms with van der Waals surface area (Å²) in [5, 5.41) is 10.9. The van der Waals surface area contributed by atoms with E-state index in [1.54, 1.807) is 0 Å². The Hall–Kier alpha value is -1.01. The van der Waals surface area contributed by atoms with Crippen LogP contribution >= 0.6 is 15.9 Å². The van der Waals surface area contributed by atoms with Crippen LogP contribution < -0.4 is 5.32 Å². The molecule has 1 aromatic rings. The molecule has 0 heterocycles. The molecule has 1 amide bonds. The normalized spacial score (nSPS) is 10.4. The third-order valence-corrected chi connectivity index (χ3v) is 2.56. The van der Waals surface area contributed by atoms with Crippen molar-refractivity contribution in [1.29, 1.82) is 0 Å². The zero-order chi connectivity index (χ0) is 12.8. The summed E-state index contributed by atoms with van der Waals surface area (Å²) in [6.07, 6.45) is 1.09. The second-order valence-corrected chi connectivity index (χ2v) is 4.35. The zero-order valence-corrected chi connectivity index (χ0v) is 10.6. The summed E-state index contributed by atoms with van der Waals surface area (Å²) in [4.78, 5) is 11.5. The SMILES string of the molecule is O=C(NCCCCO)c1c(F)cc(Br)cc1F. The number of hydrogen-bond donors (Lipinski definition) is 2. The molecule has 1 rings (SSSR count). The molecule has 0 atom stereocenters. The van der Waals surface area contributed by atoms with E-state index in [1.165, 1.54) is 0 Å². The molecule has 0 saturated carbocycles. The fraction of sp³-hybridized carbons (Fsp3) is 0.364. The molecule has 0 bridgehead atoms. The van der Waals surface area contributed by atoms with Crippen molar-refractivity contribution in [3.8, 4) is 0 Å². The molecule has 0 aromatic heterocycles. The van der Waals surface area contributed by atoms with Crippen LogP contribution in [0.5, 0.6) is 0 Å². The van der Waals surface area contributed by atoms with Gasteiger partial charge in [0.05, 0.1) is 0 Å². The summed E-state index contributed by atoms with van der Waals surface area (Å²) in [7, 11) is 0. The highest BCUT2D eigenvalue weighted by molar-refractivity contribution is 9.10. The number of carbonyl (C=O) groups excluding carboxylic acids is 1. The van der Waals surface area contributed by atoms with Crippen LogP contribution in [0.25, 0.3) is 0 Å². The fourth-order valence-corrected chi connectivity index (χ4v) is 1.69. The maximum atomic E-state index is 13.4. The van der Waals surface area contributed by atoms with Gasteiger partial charge in [-0.2, -0.15) is 0 Å². The molecule has 0 aliphatic carbocycles. The summed E-state index contributed by atoms with van der Waals surface area (Å²) in [5.74, 6) is -2.60. The lowest BCUT2D eigenvalue weighted by molar-refractivity contribution is 0.0943. The van der Waals surface area contributed by atoms with Crippen LogP contribution in [-0.4, -0.2) is 24.2 Å². The predicted octanol–water partition coefficient (Wildman–Crippen LogP) is 2.23. The smallest absolute Gasteiger partial charge is 0.257 e. The van der Waals surface area contributed by atoms with E-state index in [0.29, 0.717) is 12.8 Å². The number of halogens is 3. The van der Waals surface area contributed by atoms with Crippen LogP contribution in [0.4, 0.5) is 8.78 Å². The van der Waals surface area contributed by atoms with Gasteiger partial charge >= 0.3 is 0 Å². The number of benzene rings is 1. The van der Waals surface area contributed by atoms with E-state index in [1.807, 2.05) is 0 Å². The molecule has 17 heavy (non-hydrogen) atoms. The second-order valence-electron chi connectivity index (χ2n) is 3.43. The minimum absolute atomic E-state index is 0.0247. The Balaban J connectivity index is 2.69. The molecular formula is C11H12BrF2NO2. The number of amides is 1. The topological polar surface area (TPSA) is 49.3 Å². The Morgan fingerprint density at radius 2 is 1.88 bits per heavy atom. The number of unbranched alkanes of at least 4 members (excludes halogenated alkanes) is 1. The van der Waals surface area contributed by atoms with Crippen LogP contribution in [0, 0.1) is 11.6 Å². The van der Waals surface area contributed by atoms with Crippen molar-refractivity contribution in [2.24, 2.45) is 0 Å². The van der Waals surface area contributed by atoms with Gasteiger partial charge in [-0.3, -0.25) is 4.79 Å². The fourth-order valence-electron chi connectivity index (χ4n) is 1.29. The van der Waals surface area contributed by atoms with Gasteiger partial charge in [-0.15, -0.1) is 0 Å². The Bertz CT molecular complexity index is 389. The van der Waals surface area contributed by atoms with Crippen LogP contribution in [0.3, 0.4) is 0 Å². The minimum Gasteiger partial charge on any atom is -0.396 e. The molecule has 1 aromatic carbocycles. The van der Waals surface area contributed by atoms with Gasteiger partial charge in [0.1, 0.15) is 17.2 Å². The van der Waals surface area contributed by atoms with Gasteiger partial charge in [0.25, 0.3) is 5.91 Å². The Morgan fingerprint density at radius 3 is 2.41 bits per heavy atom. The molecule has 2 N–H and O–H groups in total. The van der Waals surface area contributed by atoms with E-state index < -0.39 is 23.1 Å². The van der Waals surface area contributed by atoms with Crippen molar-refractivity contribution in [2.75, 3.05) is 13.2 Å². The van der Waals surface area contributed by atoms with E-state index in [9.17, 15) is 13.6 Å². The summed E-state index contributed by atoms with van der Waals surface area (Å²) in [6, 6.07) is 2.07. The van der Waals surface area contributed by atoms with Gasteiger partial charge in [-0.25, -0.2) is 8.78 Å². The number of aliphatic hydroxyl groups excluding tert-OH is 1. The average molecular weight is 308 g/mol. The molecule has 0 spiro atoms. The number of carbonyl (C=O) groups is 1. The lowest BCUT2D eigenvalue weighted by Crippen LogP contribution is -2.26. The lowest BCUT2D eigenvalue weighted by atomic mass is 10.2. The molecule has 3 nitrogen and oxygen atoms in total. The number of aliphatic hydroxyl groups is 1. The summed E-state index contributed by atoms with van der Waals surface area (Å²) >= 11 is 2.93. The molecule has 0 aliphatic rings. The third kappa shape index (κ3) is 4.05. The standard InChI is InChI=1S/C11H12BrF2NO2/c12-7-5-8(13)10(9(14)6-7)11(17)15-3-1-2-4-16/h5-6,16H,1-4H2,(H,15,17). The molecule has 0 saturated heterocycles. The minimum atomic E-state index is -0.906. The largest absolute Gasteiger partial charge is 0.396 e. The van der Waals surface area contributed by atoms with Crippen LogP contribution in [0.15, 0.2) is 16.6 Å². The summed E-state index contributed by atoms with van der Waals surface area (Å²) < 4.78 is 27.0. The third-order valence-electron chi connectivity index (χ3n) is 2.10. The molecule has 0 fully saturated rings. The maximum absolute atomic E-state index is 13.4. The maximum Gasteiger partial charge on any atom is 0.257 e.